The number of anilines is 1. The molecule has 0 spiro atoms. The van der Waals surface area contributed by atoms with Gasteiger partial charge in [0.25, 0.3) is 0 Å². The maximum Gasteiger partial charge on any atom is 0.167 e. The van der Waals surface area contributed by atoms with Crippen LogP contribution >= 0.6 is 0 Å². The molecule has 0 saturated carbocycles. The number of nitrogens with two attached hydrogens (primary N) is 1. The number of carbonyl (C=O) groups excluding carboxylic acids is 1. The molecule has 0 aliphatic rings. The van der Waals surface area contributed by atoms with Crippen molar-refractivity contribution in [2.24, 2.45) is 0 Å². The monoisotopic (exact) mass is 425 g/mol. The molecule has 4 rings (SSSR count). The molecular weight excluding hydrogens is 398 g/mol. The summed E-state index contributed by atoms with van der Waals surface area (Å²) in [5, 5.41) is 4.66. The normalized spacial score (nSPS) is 10.8. The third-order valence-corrected chi connectivity index (χ3v) is 5.58. The van der Waals surface area contributed by atoms with Crippen LogP contribution in [-0.4, -0.2) is 15.6 Å². The van der Waals surface area contributed by atoms with E-state index in [9.17, 15) is 4.79 Å². The first-order valence-corrected chi connectivity index (χ1v) is 10.7. The smallest absolute Gasteiger partial charge is 0.167 e. The van der Waals surface area contributed by atoms with Crippen LogP contribution in [0.25, 0.3) is 0 Å². The first kappa shape index (κ1) is 21.4. The third kappa shape index (κ3) is 5.06. The Labute approximate surface area is 188 Å². The molecule has 0 amide bonds. The Kier molecular flexibility index (Phi) is 6.36. The predicted octanol–water partition coefficient (Wildman–Crippen LogP) is 5.13. The summed E-state index contributed by atoms with van der Waals surface area (Å²) in [7, 11) is 0. The standard InChI is InChI=1S/C27H27N3O2/c1-19-26(20(2)30(29-19)17-22-7-6-8-24(28)15-22)16-27(31)23-13-11-21(12-14-23)18-32-25-9-4-3-5-10-25/h3-15H,16-18,28H2,1-2H3. The summed E-state index contributed by atoms with van der Waals surface area (Å²) < 4.78 is 7.72. The van der Waals surface area contributed by atoms with Crippen molar-refractivity contribution >= 4 is 11.5 Å². The number of aryl methyl sites for hydroxylation is 1. The van der Waals surface area contributed by atoms with Crippen LogP contribution in [0.4, 0.5) is 5.69 Å². The van der Waals surface area contributed by atoms with E-state index in [2.05, 4.69) is 5.10 Å². The van der Waals surface area contributed by atoms with E-state index in [1.54, 1.807) is 0 Å². The number of ketones is 1. The van der Waals surface area contributed by atoms with Crippen molar-refractivity contribution < 1.29 is 9.53 Å². The van der Waals surface area contributed by atoms with Gasteiger partial charge in [-0.15, -0.1) is 0 Å². The highest BCUT2D eigenvalue weighted by atomic mass is 16.5. The van der Waals surface area contributed by atoms with Crippen molar-refractivity contribution in [1.29, 1.82) is 0 Å². The highest BCUT2D eigenvalue weighted by Gasteiger charge is 2.16. The maximum atomic E-state index is 12.9. The lowest BCUT2D eigenvalue weighted by Crippen LogP contribution is -2.07. The molecule has 0 saturated heterocycles. The highest BCUT2D eigenvalue weighted by molar-refractivity contribution is 5.97. The second-order valence-electron chi connectivity index (χ2n) is 7.95. The molecule has 0 unspecified atom stereocenters. The Bertz CT molecular complexity index is 1210. The molecule has 32 heavy (non-hydrogen) atoms. The average Bonchev–Trinajstić information content (AvgIpc) is 3.06. The van der Waals surface area contributed by atoms with Crippen LogP contribution < -0.4 is 10.5 Å². The molecule has 0 fully saturated rings. The molecule has 5 nitrogen and oxygen atoms in total. The van der Waals surface area contributed by atoms with Gasteiger partial charge in [-0.05, 0) is 49.2 Å². The van der Waals surface area contributed by atoms with E-state index in [0.29, 0.717) is 25.1 Å². The van der Waals surface area contributed by atoms with Crippen molar-refractivity contribution in [2.75, 3.05) is 5.73 Å². The largest absolute Gasteiger partial charge is 0.489 e. The van der Waals surface area contributed by atoms with E-state index < -0.39 is 0 Å². The van der Waals surface area contributed by atoms with E-state index in [-0.39, 0.29) is 5.78 Å². The molecule has 0 atom stereocenters. The molecule has 3 aromatic carbocycles. The lowest BCUT2D eigenvalue weighted by atomic mass is 10.0. The summed E-state index contributed by atoms with van der Waals surface area (Å²) in [5.74, 6) is 0.907. The van der Waals surface area contributed by atoms with Gasteiger partial charge in [0.05, 0.1) is 12.2 Å². The lowest BCUT2D eigenvalue weighted by Gasteiger charge is -2.08. The molecule has 0 aliphatic carbocycles. The Morgan fingerprint density at radius 3 is 2.41 bits per heavy atom. The summed E-state index contributed by atoms with van der Waals surface area (Å²) in [6.45, 7) is 5.06. The van der Waals surface area contributed by atoms with Gasteiger partial charge >= 0.3 is 0 Å². The van der Waals surface area contributed by atoms with E-state index in [1.807, 2.05) is 97.4 Å². The molecular formula is C27H27N3O2. The average molecular weight is 426 g/mol. The second kappa shape index (κ2) is 9.52. The molecule has 5 heteroatoms. The van der Waals surface area contributed by atoms with Crippen LogP contribution in [0.1, 0.15) is 38.4 Å². The minimum Gasteiger partial charge on any atom is -0.489 e. The van der Waals surface area contributed by atoms with Crippen LogP contribution in [-0.2, 0) is 19.6 Å². The number of rotatable bonds is 8. The lowest BCUT2D eigenvalue weighted by molar-refractivity contribution is 0.0992. The molecule has 1 aromatic heterocycles. The number of Topliss-reactive ketones (excluding diaryl/α,β-unsaturated/α-hetero) is 1. The quantitative estimate of drug-likeness (QED) is 0.314. The zero-order valence-electron chi connectivity index (χ0n) is 18.4. The minimum absolute atomic E-state index is 0.0789. The van der Waals surface area contributed by atoms with Gasteiger partial charge in [-0.2, -0.15) is 5.10 Å². The molecule has 1 heterocycles. The van der Waals surface area contributed by atoms with Crippen LogP contribution in [0.2, 0.25) is 0 Å². The second-order valence-corrected chi connectivity index (χ2v) is 7.95. The maximum absolute atomic E-state index is 12.9. The van der Waals surface area contributed by atoms with Gasteiger partial charge in [0.1, 0.15) is 12.4 Å². The van der Waals surface area contributed by atoms with Crippen molar-refractivity contribution in [1.82, 2.24) is 9.78 Å². The van der Waals surface area contributed by atoms with Gasteiger partial charge in [-0.3, -0.25) is 9.48 Å². The van der Waals surface area contributed by atoms with E-state index in [1.165, 1.54) is 0 Å². The van der Waals surface area contributed by atoms with Gasteiger partial charge in [-0.25, -0.2) is 0 Å². The van der Waals surface area contributed by atoms with Gasteiger partial charge < -0.3 is 10.5 Å². The summed E-state index contributed by atoms with van der Waals surface area (Å²) in [6.07, 6.45) is 0.328. The Morgan fingerprint density at radius 1 is 0.938 bits per heavy atom. The zero-order valence-corrected chi connectivity index (χ0v) is 18.4. The molecule has 2 N–H and O–H groups in total. The van der Waals surface area contributed by atoms with Crippen molar-refractivity contribution in [2.45, 2.75) is 33.4 Å². The van der Waals surface area contributed by atoms with E-state index >= 15 is 0 Å². The number of nitrogen functional groups attached to an aromatic ring is 1. The SMILES string of the molecule is Cc1nn(Cc2cccc(N)c2)c(C)c1CC(=O)c1ccc(COc2ccccc2)cc1. The number of para-hydroxylation sites is 1. The Balaban J connectivity index is 1.41. The van der Waals surface area contributed by atoms with Gasteiger partial charge in [-0.1, -0.05) is 54.6 Å². The molecule has 0 bridgehead atoms. The summed E-state index contributed by atoms with van der Waals surface area (Å²) in [4.78, 5) is 12.9. The summed E-state index contributed by atoms with van der Waals surface area (Å²) in [6, 6.07) is 25.1. The fourth-order valence-corrected chi connectivity index (χ4v) is 3.74. The number of hydrogen-bond donors (Lipinski definition) is 1. The Hall–Kier alpha value is -3.86. The number of aromatic nitrogens is 2. The van der Waals surface area contributed by atoms with Crippen molar-refractivity contribution in [3.8, 4) is 5.75 Å². The number of hydrogen-bond acceptors (Lipinski definition) is 4. The topological polar surface area (TPSA) is 70.1 Å². The van der Waals surface area contributed by atoms with Gasteiger partial charge in [0.2, 0.25) is 0 Å². The van der Waals surface area contributed by atoms with Crippen molar-refractivity contribution in [3.63, 3.8) is 0 Å². The van der Waals surface area contributed by atoms with Crippen LogP contribution in [0, 0.1) is 13.8 Å². The number of nitrogens with zero attached hydrogens (tertiary/aromatic N) is 2. The summed E-state index contributed by atoms with van der Waals surface area (Å²) in [5.41, 5.74) is 12.3. The van der Waals surface area contributed by atoms with Crippen LogP contribution in [0.15, 0.2) is 78.9 Å². The van der Waals surface area contributed by atoms with Gasteiger partial charge in [0, 0.05) is 28.9 Å². The number of carbonyl (C=O) groups is 1. The van der Waals surface area contributed by atoms with Gasteiger partial charge in [0.15, 0.2) is 5.78 Å². The van der Waals surface area contributed by atoms with E-state index in [4.69, 9.17) is 10.5 Å². The first-order valence-electron chi connectivity index (χ1n) is 10.7. The minimum atomic E-state index is 0.0789. The fraction of sp³-hybridized carbons (Fsp3) is 0.185. The molecule has 4 aromatic rings. The molecule has 0 aliphatic heterocycles. The van der Waals surface area contributed by atoms with Crippen molar-refractivity contribution in [3.05, 3.63) is 113 Å². The zero-order chi connectivity index (χ0) is 22.5. The third-order valence-electron chi connectivity index (χ3n) is 5.58. The molecule has 162 valence electrons. The van der Waals surface area contributed by atoms with Crippen LogP contribution in [0.5, 0.6) is 5.75 Å². The fourth-order valence-electron chi connectivity index (χ4n) is 3.74. The summed E-state index contributed by atoms with van der Waals surface area (Å²) >= 11 is 0. The Morgan fingerprint density at radius 2 is 1.69 bits per heavy atom. The molecule has 0 radical (unpaired) electrons. The van der Waals surface area contributed by atoms with Crippen LogP contribution in [0.3, 0.4) is 0 Å². The highest BCUT2D eigenvalue weighted by Crippen LogP contribution is 2.19. The first-order chi connectivity index (χ1) is 15.5. The number of ether oxygens (including phenoxy) is 1. The van der Waals surface area contributed by atoms with E-state index in [0.717, 1.165) is 39.5 Å². The predicted molar refractivity (Wildman–Crippen MR) is 127 cm³/mol. The number of benzene rings is 3.